The number of benzene rings is 1. The van der Waals surface area contributed by atoms with Crippen LogP contribution in [0.25, 0.3) is 0 Å². The molecule has 10 heteroatoms. The van der Waals surface area contributed by atoms with E-state index in [9.17, 15) is 18.0 Å². The molecule has 0 spiro atoms. The lowest BCUT2D eigenvalue weighted by atomic mass is 10.0. The lowest BCUT2D eigenvalue weighted by molar-refractivity contribution is -0.122. The van der Waals surface area contributed by atoms with Gasteiger partial charge in [0.1, 0.15) is 5.60 Å². The van der Waals surface area contributed by atoms with E-state index in [1.807, 2.05) is 0 Å². The molecule has 1 unspecified atom stereocenters. The number of anilines is 1. The molecule has 1 atom stereocenters. The number of methoxy groups -OCH3 is 1. The molecular formula is C17H25N3O6S. The number of carbonyl (C=O) groups is 2. The maximum Gasteiger partial charge on any atom is 0.243 e. The second kappa shape index (κ2) is 8.79. The summed E-state index contributed by atoms with van der Waals surface area (Å²) in [6, 6.07) is 5.74. The molecule has 1 aromatic rings. The Balaban J connectivity index is 1.95. The Kier molecular flexibility index (Phi) is 6.93. The molecule has 2 amide bonds. The molecule has 2 N–H and O–H groups in total. The van der Waals surface area contributed by atoms with Crippen molar-refractivity contribution in [2.24, 2.45) is 0 Å². The first-order valence-electron chi connectivity index (χ1n) is 8.42. The van der Waals surface area contributed by atoms with Crippen molar-refractivity contribution in [3.63, 3.8) is 0 Å². The Bertz CT molecular complexity index is 772. The van der Waals surface area contributed by atoms with Gasteiger partial charge in [-0.3, -0.25) is 9.59 Å². The normalized spacial score (nSPS) is 19.9. The van der Waals surface area contributed by atoms with Crippen molar-refractivity contribution in [2.75, 3.05) is 45.8 Å². The van der Waals surface area contributed by atoms with Crippen LogP contribution in [0.2, 0.25) is 0 Å². The predicted octanol–water partition coefficient (Wildman–Crippen LogP) is 0.187. The van der Waals surface area contributed by atoms with Crippen LogP contribution in [0.1, 0.15) is 13.3 Å². The van der Waals surface area contributed by atoms with Gasteiger partial charge in [0, 0.05) is 46.3 Å². The minimum absolute atomic E-state index is 0.0319. The van der Waals surface area contributed by atoms with E-state index in [4.69, 9.17) is 9.47 Å². The van der Waals surface area contributed by atoms with Gasteiger partial charge in [-0.25, -0.2) is 8.42 Å². The van der Waals surface area contributed by atoms with E-state index in [2.05, 4.69) is 10.6 Å². The number of nitrogens with one attached hydrogen (secondary N) is 2. The standard InChI is InChI=1S/C17H25N3O6S/c1-13(21)19-14-4-6-15(7-5-14)27(23,24)20(2)10-16(22)18-11-17(25-3)8-9-26-12-17/h4-7H,8-12H2,1-3H3,(H,18,22)(H,19,21). The Labute approximate surface area is 159 Å². The third-order valence-electron chi connectivity index (χ3n) is 4.36. The molecule has 1 heterocycles. The highest BCUT2D eigenvalue weighted by atomic mass is 32.2. The van der Waals surface area contributed by atoms with Crippen LogP contribution < -0.4 is 10.6 Å². The van der Waals surface area contributed by atoms with Crippen LogP contribution in [0.3, 0.4) is 0 Å². The molecule has 1 aliphatic rings. The van der Waals surface area contributed by atoms with E-state index in [1.54, 1.807) is 7.11 Å². The minimum atomic E-state index is -3.83. The first-order chi connectivity index (χ1) is 12.7. The van der Waals surface area contributed by atoms with Crippen molar-refractivity contribution in [2.45, 2.75) is 23.8 Å². The van der Waals surface area contributed by atoms with E-state index >= 15 is 0 Å². The molecule has 0 aromatic heterocycles. The number of nitrogens with zero attached hydrogens (tertiary/aromatic N) is 1. The first kappa shape index (κ1) is 21.3. The number of carbonyl (C=O) groups excluding carboxylic acids is 2. The summed E-state index contributed by atoms with van der Waals surface area (Å²) in [5, 5.41) is 5.27. The average molecular weight is 399 g/mol. The number of ether oxygens (including phenoxy) is 2. The summed E-state index contributed by atoms with van der Waals surface area (Å²) in [4.78, 5) is 23.2. The summed E-state index contributed by atoms with van der Waals surface area (Å²) < 4.78 is 36.9. The fourth-order valence-corrected chi connectivity index (χ4v) is 3.78. The van der Waals surface area contributed by atoms with E-state index in [0.29, 0.717) is 25.3 Å². The predicted molar refractivity (Wildman–Crippen MR) is 98.7 cm³/mol. The van der Waals surface area contributed by atoms with Crippen LogP contribution in [0.4, 0.5) is 5.69 Å². The zero-order valence-corrected chi connectivity index (χ0v) is 16.5. The van der Waals surface area contributed by atoms with Crippen molar-refractivity contribution in [1.82, 2.24) is 9.62 Å². The Hall–Kier alpha value is -2.01. The Morgan fingerprint density at radius 1 is 1.30 bits per heavy atom. The van der Waals surface area contributed by atoms with Crippen LogP contribution in [0.5, 0.6) is 0 Å². The van der Waals surface area contributed by atoms with Crippen LogP contribution in [-0.4, -0.2) is 70.6 Å². The first-order valence-corrected chi connectivity index (χ1v) is 9.86. The zero-order chi connectivity index (χ0) is 20.1. The van der Waals surface area contributed by atoms with Gasteiger partial charge in [-0.15, -0.1) is 0 Å². The van der Waals surface area contributed by atoms with Crippen LogP contribution in [0, 0.1) is 0 Å². The number of sulfonamides is 1. The number of rotatable bonds is 8. The molecule has 27 heavy (non-hydrogen) atoms. The second-order valence-corrected chi connectivity index (χ2v) is 8.48. The highest BCUT2D eigenvalue weighted by molar-refractivity contribution is 7.89. The molecule has 0 saturated carbocycles. The summed E-state index contributed by atoms with van der Waals surface area (Å²) in [5.74, 6) is -0.680. The van der Waals surface area contributed by atoms with Gasteiger partial charge in [0.25, 0.3) is 0 Å². The summed E-state index contributed by atoms with van der Waals surface area (Å²) in [6.45, 7) is 2.24. The molecule has 1 fully saturated rings. The van der Waals surface area contributed by atoms with Crippen LogP contribution in [0.15, 0.2) is 29.2 Å². The van der Waals surface area contributed by atoms with Gasteiger partial charge in [0.15, 0.2) is 0 Å². The molecule has 1 aliphatic heterocycles. The topological polar surface area (TPSA) is 114 Å². The Morgan fingerprint density at radius 3 is 2.48 bits per heavy atom. The Morgan fingerprint density at radius 2 is 1.96 bits per heavy atom. The molecule has 0 radical (unpaired) electrons. The van der Waals surface area contributed by atoms with Gasteiger partial charge in [0.2, 0.25) is 21.8 Å². The molecule has 0 aliphatic carbocycles. The molecular weight excluding hydrogens is 374 g/mol. The van der Waals surface area contributed by atoms with E-state index in [1.165, 1.54) is 38.2 Å². The van der Waals surface area contributed by atoms with Crippen molar-refractivity contribution < 1.29 is 27.5 Å². The highest BCUT2D eigenvalue weighted by Crippen LogP contribution is 2.21. The summed E-state index contributed by atoms with van der Waals surface area (Å²) in [7, 11) is -0.941. The molecule has 1 aromatic carbocycles. The van der Waals surface area contributed by atoms with E-state index in [-0.39, 0.29) is 23.9 Å². The quantitative estimate of drug-likeness (QED) is 0.645. The highest BCUT2D eigenvalue weighted by Gasteiger charge is 2.35. The molecule has 2 rings (SSSR count). The van der Waals surface area contributed by atoms with Gasteiger partial charge in [-0.05, 0) is 24.3 Å². The summed E-state index contributed by atoms with van der Waals surface area (Å²) in [5.41, 5.74) is -0.0717. The van der Waals surface area contributed by atoms with Gasteiger partial charge in [-0.1, -0.05) is 0 Å². The van der Waals surface area contributed by atoms with Gasteiger partial charge < -0.3 is 20.1 Å². The van der Waals surface area contributed by atoms with Crippen LogP contribution in [-0.2, 0) is 29.1 Å². The third-order valence-corrected chi connectivity index (χ3v) is 6.17. The third kappa shape index (κ3) is 5.48. The number of amides is 2. The second-order valence-electron chi connectivity index (χ2n) is 6.43. The van der Waals surface area contributed by atoms with E-state index in [0.717, 1.165) is 4.31 Å². The molecule has 0 bridgehead atoms. The van der Waals surface area contributed by atoms with E-state index < -0.39 is 21.5 Å². The van der Waals surface area contributed by atoms with Crippen molar-refractivity contribution in [3.8, 4) is 0 Å². The molecule has 9 nitrogen and oxygen atoms in total. The van der Waals surface area contributed by atoms with Crippen molar-refractivity contribution >= 4 is 27.5 Å². The average Bonchev–Trinajstić information content (AvgIpc) is 3.09. The maximum absolute atomic E-state index is 12.6. The van der Waals surface area contributed by atoms with Gasteiger partial charge in [0.05, 0.1) is 18.0 Å². The van der Waals surface area contributed by atoms with Gasteiger partial charge in [-0.2, -0.15) is 4.31 Å². The molecule has 1 saturated heterocycles. The monoisotopic (exact) mass is 399 g/mol. The molecule has 150 valence electrons. The van der Waals surface area contributed by atoms with Gasteiger partial charge >= 0.3 is 0 Å². The largest absolute Gasteiger partial charge is 0.378 e. The minimum Gasteiger partial charge on any atom is -0.378 e. The number of hydrogen-bond acceptors (Lipinski definition) is 6. The lowest BCUT2D eigenvalue weighted by Gasteiger charge is -2.26. The number of likely N-dealkylation sites (N-methyl/N-ethyl adjacent to an activating group) is 1. The van der Waals surface area contributed by atoms with Crippen LogP contribution >= 0.6 is 0 Å². The smallest absolute Gasteiger partial charge is 0.243 e. The fraction of sp³-hybridized carbons (Fsp3) is 0.529. The van der Waals surface area contributed by atoms with Crippen molar-refractivity contribution in [3.05, 3.63) is 24.3 Å². The summed E-state index contributed by atoms with van der Waals surface area (Å²) in [6.07, 6.45) is 0.665. The zero-order valence-electron chi connectivity index (χ0n) is 15.6. The maximum atomic E-state index is 12.6. The number of hydrogen-bond donors (Lipinski definition) is 2. The van der Waals surface area contributed by atoms with Crippen molar-refractivity contribution in [1.29, 1.82) is 0 Å². The SMILES string of the molecule is COC1(CNC(=O)CN(C)S(=O)(=O)c2ccc(NC(C)=O)cc2)CCOC1. The fourth-order valence-electron chi connectivity index (χ4n) is 2.66. The summed E-state index contributed by atoms with van der Waals surface area (Å²) >= 11 is 0. The lowest BCUT2D eigenvalue weighted by Crippen LogP contribution is -2.47.